The Kier molecular flexibility index (Phi) is 8.44. The van der Waals surface area contributed by atoms with Crippen molar-refractivity contribution in [2.24, 2.45) is 0 Å². The molecule has 0 amide bonds. The highest BCUT2D eigenvalue weighted by Crippen LogP contribution is 2.47. The molecule has 0 saturated heterocycles. The summed E-state index contributed by atoms with van der Waals surface area (Å²) in [6.45, 7) is 23.2. The van der Waals surface area contributed by atoms with Crippen LogP contribution in [0.3, 0.4) is 0 Å². The molecule has 7 aromatic carbocycles. The monoisotopic (exact) mass is 784 g/mol. The Morgan fingerprint density at radius 3 is 1.61 bits per heavy atom. The lowest BCUT2D eigenvalue weighted by Gasteiger charge is -2.45. The third-order valence-corrected chi connectivity index (χ3v) is 14.0. The van der Waals surface area contributed by atoms with E-state index in [0.717, 1.165) is 0 Å². The van der Waals surface area contributed by atoms with Crippen molar-refractivity contribution in [3.63, 3.8) is 0 Å². The topological polar surface area (TPSA) is 6.48 Å². The Morgan fingerprint density at radius 1 is 0.458 bits per heavy atom. The molecule has 0 fully saturated rings. The number of fused-ring (bicyclic) bond motifs is 7. The molecule has 0 atom stereocenters. The first-order valence-electron chi connectivity index (χ1n) is 21.2. The van der Waals surface area contributed by atoms with Crippen molar-refractivity contribution in [2.45, 2.75) is 85.5 Å². The number of thiophene rings is 1. The van der Waals surface area contributed by atoms with Crippen molar-refractivity contribution in [2.75, 3.05) is 9.80 Å². The normalized spacial score (nSPS) is 13.8. The first kappa shape index (κ1) is 37.7. The van der Waals surface area contributed by atoms with Crippen molar-refractivity contribution >= 4 is 88.7 Å². The van der Waals surface area contributed by atoms with E-state index in [-0.39, 0.29) is 23.0 Å². The molecule has 0 N–H and O–H groups in total. The summed E-state index contributed by atoms with van der Waals surface area (Å²) < 4.78 is 2.67. The van der Waals surface area contributed by atoms with Crippen LogP contribution in [0, 0.1) is 6.92 Å². The molecule has 59 heavy (non-hydrogen) atoms. The van der Waals surface area contributed by atoms with E-state index in [4.69, 9.17) is 0 Å². The van der Waals surface area contributed by atoms with Gasteiger partial charge in [-0.15, -0.1) is 11.3 Å². The number of hydrogen-bond donors (Lipinski definition) is 0. The largest absolute Gasteiger partial charge is 0.311 e. The van der Waals surface area contributed by atoms with Crippen LogP contribution < -0.4 is 26.2 Å². The molecular weight excluding hydrogens is 731 g/mol. The maximum atomic E-state index is 2.58. The van der Waals surface area contributed by atoms with Gasteiger partial charge in [-0.2, -0.15) is 0 Å². The molecular formula is C55H53BN2S. The summed E-state index contributed by atoms with van der Waals surface area (Å²) in [6.07, 6.45) is 0. The minimum Gasteiger partial charge on any atom is -0.311 e. The van der Waals surface area contributed by atoms with Crippen LogP contribution in [-0.4, -0.2) is 6.71 Å². The number of benzene rings is 7. The molecule has 2 aliphatic heterocycles. The number of anilines is 6. The van der Waals surface area contributed by atoms with Crippen molar-refractivity contribution in [1.82, 2.24) is 0 Å². The fourth-order valence-corrected chi connectivity index (χ4v) is 10.8. The zero-order chi connectivity index (χ0) is 41.2. The van der Waals surface area contributed by atoms with Crippen molar-refractivity contribution < 1.29 is 0 Å². The summed E-state index contributed by atoms with van der Waals surface area (Å²) >= 11 is 1.90. The van der Waals surface area contributed by atoms with Gasteiger partial charge in [0.1, 0.15) is 0 Å². The van der Waals surface area contributed by atoms with Gasteiger partial charge in [-0.25, -0.2) is 0 Å². The Morgan fingerprint density at radius 2 is 1.00 bits per heavy atom. The Hall–Kier alpha value is -5.58. The van der Waals surface area contributed by atoms with E-state index in [1.54, 1.807) is 0 Å². The first-order chi connectivity index (χ1) is 28.1. The van der Waals surface area contributed by atoms with Crippen LogP contribution in [-0.2, 0) is 16.2 Å². The molecule has 0 unspecified atom stereocenters. The van der Waals surface area contributed by atoms with E-state index in [0.29, 0.717) is 0 Å². The highest BCUT2D eigenvalue weighted by molar-refractivity contribution is 7.26. The molecule has 8 aromatic rings. The number of hydrogen-bond acceptors (Lipinski definition) is 3. The van der Waals surface area contributed by atoms with Gasteiger partial charge in [0.25, 0.3) is 6.71 Å². The smallest absolute Gasteiger partial charge is 0.252 e. The maximum Gasteiger partial charge on any atom is 0.252 e. The Bertz CT molecular complexity index is 2970. The van der Waals surface area contributed by atoms with Gasteiger partial charge in [0.15, 0.2) is 0 Å². The van der Waals surface area contributed by atoms with Crippen molar-refractivity contribution in [3.05, 3.63) is 162 Å². The van der Waals surface area contributed by atoms with Crippen LogP contribution in [0.2, 0.25) is 0 Å². The summed E-state index contributed by atoms with van der Waals surface area (Å²) in [7, 11) is 0. The lowest BCUT2D eigenvalue weighted by atomic mass is 9.33. The van der Waals surface area contributed by atoms with Gasteiger partial charge in [-0.3, -0.25) is 0 Å². The summed E-state index contributed by atoms with van der Waals surface area (Å²) in [5.41, 5.74) is 19.3. The van der Waals surface area contributed by atoms with Gasteiger partial charge in [0.2, 0.25) is 0 Å². The van der Waals surface area contributed by atoms with Crippen LogP contribution >= 0.6 is 11.3 Å². The number of rotatable bonds is 3. The van der Waals surface area contributed by atoms with Crippen molar-refractivity contribution in [1.29, 1.82) is 0 Å². The highest BCUT2D eigenvalue weighted by Gasteiger charge is 2.44. The molecule has 292 valence electrons. The van der Waals surface area contributed by atoms with Crippen LogP contribution in [0.15, 0.2) is 140 Å². The highest BCUT2D eigenvalue weighted by atomic mass is 32.1. The molecule has 2 aliphatic rings. The average Bonchev–Trinajstić information content (AvgIpc) is 3.58. The zero-order valence-electron chi connectivity index (χ0n) is 36.2. The van der Waals surface area contributed by atoms with Gasteiger partial charge in [-0.05, 0) is 128 Å². The van der Waals surface area contributed by atoms with Gasteiger partial charge in [0, 0.05) is 54.3 Å². The van der Waals surface area contributed by atoms with Crippen molar-refractivity contribution in [3.8, 4) is 11.1 Å². The quantitative estimate of drug-likeness (QED) is 0.165. The van der Waals surface area contributed by atoms with Crippen LogP contribution in [0.1, 0.15) is 84.6 Å². The van der Waals surface area contributed by atoms with Crippen LogP contribution in [0.25, 0.3) is 31.3 Å². The van der Waals surface area contributed by atoms with Gasteiger partial charge in [-0.1, -0.05) is 147 Å². The van der Waals surface area contributed by atoms with Crippen LogP contribution in [0.4, 0.5) is 34.1 Å². The second kappa shape index (κ2) is 13.2. The molecule has 0 radical (unpaired) electrons. The molecule has 10 rings (SSSR count). The lowest BCUT2D eigenvalue weighted by molar-refractivity contribution is 0.590. The average molecular weight is 785 g/mol. The SMILES string of the molecule is Cc1cc2c3c(c1)N(c1cccc(-c4cccc5c4sc4ccccc45)c1)c1cc(C(C)(C)C)ccc1B3c1ccc(C(C)(C)C)cc1N2c1ccc(C(C)(C)C)cc1. The van der Waals surface area contributed by atoms with Crippen LogP contribution in [0.5, 0.6) is 0 Å². The molecule has 0 spiro atoms. The lowest BCUT2D eigenvalue weighted by Crippen LogP contribution is -2.61. The molecule has 0 aliphatic carbocycles. The summed E-state index contributed by atoms with van der Waals surface area (Å²) in [6, 6.07) is 53.7. The van der Waals surface area contributed by atoms with E-state index in [1.165, 1.54) is 104 Å². The maximum absolute atomic E-state index is 2.58. The summed E-state index contributed by atoms with van der Waals surface area (Å²) in [5.74, 6) is 0. The summed E-state index contributed by atoms with van der Waals surface area (Å²) in [5, 5.41) is 2.65. The standard InChI is InChI=1S/C55H53BN2S/c1-34-29-48-51-49(30-34)58(40-16-13-15-35(31-40)41-18-14-19-43-42-17-11-12-20-50(42)59-52(41)43)47-33-38(55(8,9)10)24-28-45(47)56(51)44-27-23-37(54(5,6)7)32-46(44)57(48)39-25-21-36(22-26-39)53(2,3)4/h11-33H,1-10H3. The van der Waals surface area contributed by atoms with E-state index >= 15 is 0 Å². The molecule has 3 heterocycles. The minimum absolute atomic E-state index is 0.00288. The first-order valence-corrected chi connectivity index (χ1v) is 22.0. The molecule has 0 bridgehead atoms. The number of nitrogens with zero attached hydrogens (tertiary/aromatic N) is 2. The Balaban J connectivity index is 1.24. The predicted octanol–water partition coefficient (Wildman–Crippen LogP) is 14.0. The van der Waals surface area contributed by atoms with E-state index in [2.05, 4.69) is 219 Å². The van der Waals surface area contributed by atoms with Gasteiger partial charge in [0.05, 0.1) is 0 Å². The van der Waals surface area contributed by atoms with E-state index in [9.17, 15) is 0 Å². The van der Waals surface area contributed by atoms with Gasteiger partial charge < -0.3 is 9.80 Å². The number of aryl methyl sites for hydroxylation is 1. The molecule has 4 heteroatoms. The zero-order valence-corrected chi connectivity index (χ0v) is 37.0. The predicted molar refractivity (Wildman–Crippen MR) is 260 cm³/mol. The fraction of sp³-hybridized carbons (Fsp3) is 0.236. The van der Waals surface area contributed by atoms with Gasteiger partial charge >= 0.3 is 0 Å². The second-order valence-corrected chi connectivity index (χ2v) is 21.0. The minimum atomic E-state index is -0.0144. The Labute approximate surface area is 355 Å². The molecule has 1 aromatic heterocycles. The second-order valence-electron chi connectivity index (χ2n) is 20.0. The fourth-order valence-electron chi connectivity index (χ4n) is 9.51. The summed E-state index contributed by atoms with van der Waals surface area (Å²) in [4.78, 5) is 5.14. The molecule has 2 nitrogen and oxygen atoms in total. The third kappa shape index (κ3) is 6.13. The molecule has 0 saturated carbocycles. The van der Waals surface area contributed by atoms with E-state index in [1.807, 2.05) is 11.3 Å². The van der Waals surface area contributed by atoms with E-state index < -0.39 is 0 Å². The third-order valence-electron chi connectivity index (χ3n) is 12.8.